The highest BCUT2D eigenvalue weighted by Crippen LogP contribution is 2.30. The van der Waals surface area contributed by atoms with E-state index < -0.39 is 0 Å². The number of hydrazine groups is 1. The van der Waals surface area contributed by atoms with Crippen molar-refractivity contribution in [3.05, 3.63) is 52.3 Å². The van der Waals surface area contributed by atoms with E-state index in [9.17, 15) is 4.79 Å². The van der Waals surface area contributed by atoms with Crippen molar-refractivity contribution in [3.8, 4) is 0 Å². The zero-order valence-electron chi connectivity index (χ0n) is 10.5. The number of nitrogen functional groups attached to an aromatic ring is 2. The lowest BCUT2D eigenvalue weighted by Crippen LogP contribution is -2.29. The van der Waals surface area contributed by atoms with E-state index >= 15 is 0 Å². The van der Waals surface area contributed by atoms with Crippen LogP contribution in [0.5, 0.6) is 0 Å². The van der Waals surface area contributed by atoms with Crippen molar-refractivity contribution in [2.24, 2.45) is 5.84 Å². The number of carbonyl (C=O) groups is 1. The molecule has 0 unspecified atom stereocenters. The molecule has 104 valence electrons. The predicted octanol–water partition coefficient (Wildman–Crippen LogP) is 2.32. The molecule has 0 radical (unpaired) electrons. The van der Waals surface area contributed by atoms with Crippen molar-refractivity contribution in [2.45, 2.75) is 10.6 Å². The number of anilines is 1. The molecule has 0 saturated carbocycles. The second-order valence-corrected chi connectivity index (χ2v) is 5.85. The Morgan fingerprint density at radius 2 is 2.20 bits per heavy atom. The highest BCUT2D eigenvalue weighted by atomic mass is 79.9. The van der Waals surface area contributed by atoms with Gasteiger partial charge in [-0.1, -0.05) is 22.0 Å². The maximum Gasteiger partial charge on any atom is 0.265 e. The smallest absolute Gasteiger partial charge is 0.265 e. The number of nitrogens with zero attached hydrogens (tertiary/aromatic N) is 1. The number of carbonyl (C=O) groups excluding carboxylic acids is 1. The summed E-state index contributed by atoms with van der Waals surface area (Å²) < 4.78 is 0.860. The van der Waals surface area contributed by atoms with Crippen LogP contribution in [0.3, 0.4) is 0 Å². The van der Waals surface area contributed by atoms with Crippen molar-refractivity contribution < 1.29 is 4.79 Å². The Morgan fingerprint density at radius 1 is 1.40 bits per heavy atom. The van der Waals surface area contributed by atoms with Gasteiger partial charge in [0, 0.05) is 26.9 Å². The van der Waals surface area contributed by atoms with Crippen LogP contribution in [-0.2, 0) is 5.75 Å². The molecule has 0 spiro atoms. The molecule has 5 nitrogen and oxygen atoms in total. The van der Waals surface area contributed by atoms with Gasteiger partial charge in [-0.15, -0.1) is 11.8 Å². The van der Waals surface area contributed by atoms with E-state index in [-0.39, 0.29) is 5.91 Å². The van der Waals surface area contributed by atoms with Gasteiger partial charge in [0.25, 0.3) is 5.91 Å². The van der Waals surface area contributed by atoms with Crippen molar-refractivity contribution in [2.75, 3.05) is 5.73 Å². The van der Waals surface area contributed by atoms with Gasteiger partial charge in [0.05, 0.1) is 11.9 Å². The van der Waals surface area contributed by atoms with Crippen LogP contribution in [0.25, 0.3) is 0 Å². The summed E-state index contributed by atoms with van der Waals surface area (Å²) >= 11 is 5.07. The number of halogens is 1. The minimum Gasteiger partial charge on any atom is -0.397 e. The molecule has 2 aromatic rings. The Balaban J connectivity index is 2.11. The van der Waals surface area contributed by atoms with E-state index in [0.29, 0.717) is 11.3 Å². The molecule has 0 fully saturated rings. The Hall–Kier alpha value is -1.57. The van der Waals surface area contributed by atoms with E-state index in [1.807, 2.05) is 12.1 Å². The molecule has 1 aromatic heterocycles. The fourth-order valence-corrected chi connectivity index (χ4v) is 3.21. The SMILES string of the molecule is NNC(=O)c1ccc(CSc2ccncc2N)c(Br)c1. The monoisotopic (exact) mass is 352 g/mol. The van der Waals surface area contributed by atoms with Crippen LogP contribution < -0.4 is 17.0 Å². The van der Waals surface area contributed by atoms with Crippen LogP contribution in [0.4, 0.5) is 5.69 Å². The first-order chi connectivity index (χ1) is 9.61. The summed E-state index contributed by atoms with van der Waals surface area (Å²) in [6.45, 7) is 0. The van der Waals surface area contributed by atoms with Gasteiger partial charge in [-0.05, 0) is 23.8 Å². The van der Waals surface area contributed by atoms with Crippen molar-refractivity contribution in [3.63, 3.8) is 0 Å². The van der Waals surface area contributed by atoms with Crippen LogP contribution in [0.2, 0.25) is 0 Å². The van der Waals surface area contributed by atoms with E-state index in [2.05, 4.69) is 26.3 Å². The summed E-state index contributed by atoms with van der Waals surface area (Å²) in [4.78, 5) is 16.4. The van der Waals surface area contributed by atoms with Gasteiger partial charge in [0.15, 0.2) is 0 Å². The maximum atomic E-state index is 11.4. The van der Waals surface area contributed by atoms with Gasteiger partial charge < -0.3 is 5.73 Å². The zero-order valence-corrected chi connectivity index (χ0v) is 12.9. The van der Waals surface area contributed by atoms with E-state index in [1.54, 1.807) is 36.3 Å². The topological polar surface area (TPSA) is 94.0 Å². The molecule has 7 heteroatoms. The normalized spacial score (nSPS) is 10.3. The Kier molecular flexibility index (Phi) is 4.99. The van der Waals surface area contributed by atoms with E-state index in [1.165, 1.54) is 0 Å². The third kappa shape index (κ3) is 3.50. The number of thioether (sulfide) groups is 1. The molecule has 5 N–H and O–H groups in total. The average molecular weight is 353 g/mol. The van der Waals surface area contributed by atoms with Crippen LogP contribution in [0.15, 0.2) is 46.0 Å². The number of hydrogen-bond acceptors (Lipinski definition) is 5. The molecule has 0 atom stereocenters. The number of rotatable bonds is 4. The van der Waals surface area contributed by atoms with Gasteiger partial charge in [-0.25, -0.2) is 5.84 Å². The maximum absolute atomic E-state index is 11.4. The summed E-state index contributed by atoms with van der Waals surface area (Å²) in [5, 5.41) is 0. The first kappa shape index (κ1) is 14.8. The molecule has 0 bridgehead atoms. The molecule has 20 heavy (non-hydrogen) atoms. The fourth-order valence-electron chi connectivity index (χ4n) is 1.57. The second-order valence-electron chi connectivity index (χ2n) is 3.98. The highest BCUT2D eigenvalue weighted by Gasteiger charge is 2.08. The first-order valence-corrected chi connectivity index (χ1v) is 7.51. The van der Waals surface area contributed by atoms with E-state index in [0.717, 1.165) is 20.7 Å². The summed E-state index contributed by atoms with van der Waals surface area (Å²) in [6, 6.07) is 7.25. The van der Waals surface area contributed by atoms with Crippen molar-refractivity contribution in [1.29, 1.82) is 0 Å². The molecule has 1 amide bonds. The molecule has 0 aliphatic heterocycles. The third-order valence-corrected chi connectivity index (χ3v) is 4.52. The number of hydrogen-bond donors (Lipinski definition) is 3. The molecule has 0 aliphatic rings. The van der Waals surface area contributed by atoms with Crippen LogP contribution in [0, 0.1) is 0 Å². The summed E-state index contributed by atoms with van der Waals surface area (Å²) in [5.74, 6) is 5.52. The lowest BCUT2D eigenvalue weighted by Gasteiger charge is -2.08. The highest BCUT2D eigenvalue weighted by molar-refractivity contribution is 9.10. The average Bonchev–Trinajstić information content (AvgIpc) is 2.46. The number of nitrogens with one attached hydrogen (secondary N) is 1. The van der Waals surface area contributed by atoms with Gasteiger partial charge in [0.2, 0.25) is 0 Å². The van der Waals surface area contributed by atoms with Crippen LogP contribution in [-0.4, -0.2) is 10.9 Å². The summed E-state index contributed by atoms with van der Waals surface area (Å²) in [5.41, 5.74) is 10.2. The van der Waals surface area contributed by atoms with Gasteiger partial charge >= 0.3 is 0 Å². The number of amides is 1. The molecule has 1 heterocycles. The third-order valence-electron chi connectivity index (χ3n) is 2.64. The Labute approximate surface area is 129 Å². The zero-order chi connectivity index (χ0) is 14.5. The molecular weight excluding hydrogens is 340 g/mol. The van der Waals surface area contributed by atoms with Crippen molar-refractivity contribution >= 4 is 39.3 Å². The van der Waals surface area contributed by atoms with Crippen LogP contribution >= 0.6 is 27.7 Å². The Bertz CT molecular complexity index is 636. The first-order valence-electron chi connectivity index (χ1n) is 5.73. The van der Waals surface area contributed by atoms with Gasteiger partial charge in [0.1, 0.15) is 0 Å². The fraction of sp³-hybridized carbons (Fsp3) is 0.0769. The predicted molar refractivity (Wildman–Crippen MR) is 84.0 cm³/mol. The quantitative estimate of drug-likeness (QED) is 0.339. The second kappa shape index (κ2) is 6.74. The molecule has 1 aromatic carbocycles. The van der Waals surface area contributed by atoms with Gasteiger partial charge in [-0.3, -0.25) is 15.2 Å². The summed E-state index contributed by atoms with van der Waals surface area (Å²) in [6.07, 6.45) is 3.34. The molecule has 2 rings (SSSR count). The molecule has 0 saturated heterocycles. The van der Waals surface area contributed by atoms with Crippen molar-refractivity contribution in [1.82, 2.24) is 10.4 Å². The molecular formula is C13H13BrN4OS. The standard InChI is InChI=1S/C13H13BrN4OS/c14-10-5-8(13(19)18-16)1-2-9(10)7-20-12-3-4-17-6-11(12)15/h1-6H,7,15-16H2,(H,18,19). The molecule has 0 aliphatic carbocycles. The number of pyridine rings is 1. The Morgan fingerprint density at radius 3 is 2.85 bits per heavy atom. The van der Waals surface area contributed by atoms with E-state index in [4.69, 9.17) is 11.6 Å². The largest absolute Gasteiger partial charge is 0.397 e. The van der Waals surface area contributed by atoms with Crippen LogP contribution in [0.1, 0.15) is 15.9 Å². The van der Waals surface area contributed by atoms with Gasteiger partial charge in [-0.2, -0.15) is 0 Å². The lowest BCUT2D eigenvalue weighted by molar-refractivity contribution is 0.0953. The minimum absolute atomic E-state index is 0.316. The minimum atomic E-state index is -0.316. The summed E-state index contributed by atoms with van der Waals surface area (Å²) in [7, 11) is 0. The number of aromatic nitrogens is 1. The number of nitrogens with two attached hydrogens (primary N) is 2. The number of benzene rings is 1. The lowest BCUT2D eigenvalue weighted by atomic mass is 10.1.